The molecule has 0 fully saturated rings. The lowest BCUT2D eigenvalue weighted by molar-refractivity contribution is 0.0763. The van der Waals surface area contributed by atoms with Crippen molar-refractivity contribution in [2.45, 2.75) is 20.0 Å². The maximum absolute atomic E-state index is 14.4. The number of benzene rings is 2. The first-order valence-electron chi connectivity index (χ1n) is 9.19. The van der Waals surface area contributed by atoms with Gasteiger partial charge in [0.2, 0.25) is 10.0 Å². The van der Waals surface area contributed by atoms with Gasteiger partial charge in [-0.25, -0.2) is 17.2 Å². The fourth-order valence-electron chi connectivity index (χ4n) is 3.52. The van der Waals surface area contributed by atoms with E-state index in [-0.39, 0.29) is 46.7 Å². The number of carbonyl (C=O) groups is 1. The number of rotatable bonds is 5. The maximum Gasteiger partial charge on any atom is 0.258 e. The summed E-state index contributed by atoms with van der Waals surface area (Å²) in [5.74, 6) is -3.16. The zero-order chi connectivity index (χ0) is 22.5. The van der Waals surface area contributed by atoms with Gasteiger partial charge in [0.05, 0.1) is 17.0 Å². The van der Waals surface area contributed by atoms with Crippen LogP contribution in [0, 0.1) is 11.6 Å². The molecule has 0 aliphatic carbocycles. The summed E-state index contributed by atoms with van der Waals surface area (Å²) < 4.78 is 54.8. The molecule has 1 aliphatic heterocycles. The summed E-state index contributed by atoms with van der Waals surface area (Å²) in [6.07, 6.45) is 1.40. The predicted octanol–water partition coefficient (Wildman–Crippen LogP) is 3.79. The van der Waals surface area contributed by atoms with Crippen molar-refractivity contribution < 1.29 is 27.1 Å². The number of amides is 1. The Bertz CT molecular complexity index is 1350. The van der Waals surface area contributed by atoms with Crippen molar-refractivity contribution in [1.82, 2.24) is 9.88 Å². The molecule has 0 saturated carbocycles. The fourth-order valence-corrected chi connectivity index (χ4v) is 4.39. The van der Waals surface area contributed by atoms with E-state index < -0.39 is 38.3 Å². The van der Waals surface area contributed by atoms with Crippen molar-refractivity contribution in [3.8, 4) is 5.75 Å². The van der Waals surface area contributed by atoms with Gasteiger partial charge in [-0.2, -0.15) is 0 Å². The molecular weight excluding hydrogens is 452 g/mol. The number of anilines is 1. The van der Waals surface area contributed by atoms with Crippen LogP contribution in [0.4, 0.5) is 14.5 Å². The van der Waals surface area contributed by atoms with Gasteiger partial charge in [0.15, 0.2) is 5.75 Å². The Hall–Kier alpha value is -2.98. The number of sulfonamides is 1. The molecule has 162 valence electrons. The van der Waals surface area contributed by atoms with Crippen LogP contribution in [0.5, 0.6) is 5.75 Å². The molecule has 0 atom stereocenters. The first-order chi connectivity index (χ1) is 14.6. The molecule has 2 aromatic carbocycles. The van der Waals surface area contributed by atoms with Gasteiger partial charge in [0.1, 0.15) is 22.2 Å². The number of hydrogen-bond acceptors (Lipinski definition) is 5. The van der Waals surface area contributed by atoms with Crippen LogP contribution in [0.3, 0.4) is 0 Å². The average molecular weight is 468 g/mol. The minimum absolute atomic E-state index is 0.0228. The second kappa shape index (κ2) is 7.61. The van der Waals surface area contributed by atoms with E-state index in [9.17, 15) is 27.1 Å². The summed E-state index contributed by atoms with van der Waals surface area (Å²) in [5.41, 5.74) is 0.292. The Morgan fingerprint density at radius 3 is 2.74 bits per heavy atom. The maximum atomic E-state index is 14.4. The number of carbonyl (C=O) groups excluding carboxylic acids is 1. The van der Waals surface area contributed by atoms with Gasteiger partial charge in [0.25, 0.3) is 5.91 Å². The van der Waals surface area contributed by atoms with Crippen molar-refractivity contribution in [2.24, 2.45) is 0 Å². The molecule has 2 N–H and O–H groups in total. The predicted molar refractivity (Wildman–Crippen MR) is 111 cm³/mol. The second-order valence-electron chi connectivity index (χ2n) is 6.98. The van der Waals surface area contributed by atoms with Crippen molar-refractivity contribution in [3.05, 3.63) is 63.8 Å². The molecule has 2 heterocycles. The van der Waals surface area contributed by atoms with Crippen LogP contribution >= 0.6 is 11.6 Å². The van der Waals surface area contributed by atoms with Crippen LogP contribution in [0.2, 0.25) is 5.02 Å². The van der Waals surface area contributed by atoms with E-state index in [0.717, 1.165) is 6.07 Å². The third kappa shape index (κ3) is 3.55. The number of hydrogen-bond donors (Lipinski definition) is 2. The molecule has 7 nitrogen and oxygen atoms in total. The normalized spacial score (nSPS) is 13.7. The lowest BCUT2D eigenvalue weighted by Gasteiger charge is -2.17. The topological polar surface area (TPSA) is 99.6 Å². The Morgan fingerprint density at radius 2 is 2.03 bits per heavy atom. The highest BCUT2D eigenvalue weighted by Gasteiger charge is 2.36. The van der Waals surface area contributed by atoms with Gasteiger partial charge in [-0.3, -0.25) is 14.5 Å². The molecular formula is C20H16ClF2N3O4S. The van der Waals surface area contributed by atoms with Crippen LogP contribution in [0.1, 0.15) is 28.4 Å². The summed E-state index contributed by atoms with van der Waals surface area (Å²) in [6.45, 7) is 1.09. The number of pyridine rings is 1. The van der Waals surface area contributed by atoms with Crippen molar-refractivity contribution in [1.29, 1.82) is 0 Å². The summed E-state index contributed by atoms with van der Waals surface area (Å²) in [7, 11) is -3.72. The summed E-state index contributed by atoms with van der Waals surface area (Å²) in [5, 5.41) is 10.3. The highest BCUT2D eigenvalue weighted by atomic mass is 35.5. The van der Waals surface area contributed by atoms with E-state index in [2.05, 4.69) is 9.71 Å². The third-order valence-corrected chi connectivity index (χ3v) is 6.73. The van der Waals surface area contributed by atoms with E-state index in [1.807, 2.05) is 0 Å². The van der Waals surface area contributed by atoms with Crippen molar-refractivity contribution in [2.75, 3.05) is 10.5 Å². The van der Waals surface area contributed by atoms with Crippen LogP contribution < -0.4 is 4.72 Å². The lowest BCUT2D eigenvalue weighted by atomic mass is 10.0. The Kier molecular flexibility index (Phi) is 5.22. The standard InChI is InChI=1S/C20H16ClF2N3O4S/c1-2-31(29,30)25-17-11-4-3-7-24-18(11)19(27)14-12(17)9-26(20(14)28)8-10-5-6-13(22)15(21)16(10)23/h3-7,25,27H,2,8-9H2,1H3. The van der Waals surface area contributed by atoms with E-state index in [1.165, 1.54) is 24.1 Å². The van der Waals surface area contributed by atoms with Crippen molar-refractivity contribution in [3.63, 3.8) is 0 Å². The van der Waals surface area contributed by atoms with E-state index in [1.54, 1.807) is 12.1 Å². The first-order valence-corrected chi connectivity index (χ1v) is 11.2. The number of nitrogens with zero attached hydrogens (tertiary/aromatic N) is 2. The highest BCUT2D eigenvalue weighted by molar-refractivity contribution is 7.92. The Balaban J connectivity index is 1.84. The van der Waals surface area contributed by atoms with Gasteiger partial charge in [-0.15, -0.1) is 0 Å². The highest BCUT2D eigenvalue weighted by Crippen LogP contribution is 2.43. The molecule has 3 aromatic rings. The number of aromatic hydroxyl groups is 1. The molecule has 1 aliphatic rings. The van der Waals surface area contributed by atoms with Gasteiger partial charge in [-0.1, -0.05) is 17.7 Å². The molecule has 0 unspecified atom stereocenters. The third-order valence-electron chi connectivity index (χ3n) is 5.11. The number of aromatic nitrogens is 1. The Morgan fingerprint density at radius 1 is 1.29 bits per heavy atom. The SMILES string of the molecule is CCS(=O)(=O)Nc1c2c(c(O)c3ncccc13)C(=O)N(Cc1ccc(F)c(Cl)c1F)C2. The summed E-state index contributed by atoms with van der Waals surface area (Å²) in [6, 6.07) is 5.31. The summed E-state index contributed by atoms with van der Waals surface area (Å²) in [4.78, 5) is 18.3. The van der Waals surface area contributed by atoms with Crippen LogP contribution in [-0.2, 0) is 23.1 Å². The molecule has 1 aromatic heterocycles. The van der Waals surface area contributed by atoms with Crippen LogP contribution in [0.25, 0.3) is 10.9 Å². The van der Waals surface area contributed by atoms with Gasteiger partial charge < -0.3 is 10.0 Å². The van der Waals surface area contributed by atoms with Crippen LogP contribution in [-0.4, -0.2) is 35.1 Å². The largest absolute Gasteiger partial charge is 0.505 e. The van der Waals surface area contributed by atoms with E-state index in [4.69, 9.17) is 11.6 Å². The van der Waals surface area contributed by atoms with Crippen LogP contribution in [0.15, 0.2) is 30.5 Å². The molecule has 0 bridgehead atoms. The Labute approximate surface area is 181 Å². The number of fused-ring (bicyclic) bond motifs is 2. The minimum atomic E-state index is -3.72. The zero-order valence-electron chi connectivity index (χ0n) is 16.1. The smallest absolute Gasteiger partial charge is 0.258 e. The van der Waals surface area contributed by atoms with E-state index in [0.29, 0.717) is 5.39 Å². The summed E-state index contributed by atoms with van der Waals surface area (Å²) >= 11 is 5.63. The number of nitrogens with one attached hydrogen (secondary N) is 1. The van der Waals surface area contributed by atoms with Gasteiger partial charge >= 0.3 is 0 Å². The molecule has 11 heteroatoms. The molecule has 4 rings (SSSR count). The fraction of sp³-hybridized carbons (Fsp3) is 0.200. The number of halogens is 3. The lowest BCUT2D eigenvalue weighted by Crippen LogP contribution is -2.24. The van der Waals surface area contributed by atoms with Gasteiger partial charge in [-0.05, 0) is 25.1 Å². The number of phenols is 1. The first kappa shape index (κ1) is 21.3. The average Bonchev–Trinajstić information content (AvgIpc) is 3.08. The monoisotopic (exact) mass is 467 g/mol. The van der Waals surface area contributed by atoms with E-state index >= 15 is 0 Å². The molecule has 31 heavy (non-hydrogen) atoms. The molecule has 0 radical (unpaired) electrons. The quantitative estimate of drug-likeness (QED) is 0.439. The number of phenolic OH excluding ortho intramolecular Hbond substituents is 1. The molecule has 0 saturated heterocycles. The molecule has 0 spiro atoms. The van der Waals surface area contributed by atoms with Crippen molar-refractivity contribution >= 4 is 44.1 Å². The second-order valence-corrected chi connectivity index (χ2v) is 9.37. The van der Waals surface area contributed by atoms with Gasteiger partial charge in [0, 0.05) is 35.8 Å². The zero-order valence-corrected chi connectivity index (χ0v) is 17.7. The molecule has 1 amide bonds. The minimum Gasteiger partial charge on any atom is -0.505 e.